The van der Waals surface area contributed by atoms with Crippen LogP contribution < -0.4 is 10.6 Å². The van der Waals surface area contributed by atoms with Crippen LogP contribution in [0.4, 0.5) is 5.13 Å². The quantitative estimate of drug-likeness (QED) is 0.804. The van der Waals surface area contributed by atoms with E-state index in [1.54, 1.807) is 6.07 Å². The third-order valence-electron chi connectivity index (χ3n) is 3.28. The van der Waals surface area contributed by atoms with Crippen molar-refractivity contribution >= 4 is 32.6 Å². The highest BCUT2D eigenvalue weighted by atomic mass is 32.1. The van der Waals surface area contributed by atoms with E-state index < -0.39 is 0 Å². The van der Waals surface area contributed by atoms with E-state index in [4.69, 9.17) is 5.26 Å². The number of hydrogen-bond acceptors (Lipinski definition) is 5. The second-order valence-electron chi connectivity index (χ2n) is 4.94. The SMILES string of the molecule is CC[C@H](C)CNc1nc2ccc(C(=O)NCC#N)cc2s1. The molecule has 1 amide bonds. The molecule has 0 aliphatic heterocycles. The van der Waals surface area contributed by atoms with Gasteiger partial charge in [0.25, 0.3) is 5.91 Å². The van der Waals surface area contributed by atoms with Crippen LogP contribution in [0.5, 0.6) is 0 Å². The summed E-state index contributed by atoms with van der Waals surface area (Å²) in [6, 6.07) is 7.27. The smallest absolute Gasteiger partial charge is 0.252 e. The Hall–Kier alpha value is -2.13. The van der Waals surface area contributed by atoms with Gasteiger partial charge >= 0.3 is 0 Å². The monoisotopic (exact) mass is 302 g/mol. The number of rotatable bonds is 6. The second-order valence-corrected chi connectivity index (χ2v) is 5.97. The zero-order valence-corrected chi connectivity index (χ0v) is 13.0. The third-order valence-corrected chi connectivity index (χ3v) is 4.25. The van der Waals surface area contributed by atoms with E-state index in [-0.39, 0.29) is 12.5 Å². The fourth-order valence-electron chi connectivity index (χ4n) is 1.77. The lowest BCUT2D eigenvalue weighted by atomic mass is 10.1. The standard InChI is InChI=1S/C15H18N4OS/c1-3-10(2)9-18-15-19-12-5-4-11(8-13(12)21-15)14(20)17-7-6-16/h4-5,8,10H,3,7,9H2,1-2H3,(H,17,20)(H,18,19)/t10-/m0/s1. The summed E-state index contributed by atoms with van der Waals surface area (Å²) >= 11 is 1.54. The van der Waals surface area contributed by atoms with E-state index in [1.165, 1.54) is 11.3 Å². The predicted molar refractivity (Wildman–Crippen MR) is 85.5 cm³/mol. The highest BCUT2D eigenvalue weighted by molar-refractivity contribution is 7.22. The summed E-state index contributed by atoms with van der Waals surface area (Å²) in [7, 11) is 0. The highest BCUT2D eigenvalue weighted by Crippen LogP contribution is 2.27. The Kier molecular flexibility index (Phi) is 5.12. The van der Waals surface area contributed by atoms with E-state index in [1.807, 2.05) is 18.2 Å². The molecule has 1 aromatic carbocycles. The van der Waals surface area contributed by atoms with Crippen LogP contribution in [0.3, 0.4) is 0 Å². The molecule has 1 atom stereocenters. The molecule has 1 aromatic heterocycles. The number of hydrogen-bond donors (Lipinski definition) is 2. The van der Waals surface area contributed by atoms with Crippen LogP contribution in [-0.4, -0.2) is 24.0 Å². The van der Waals surface area contributed by atoms with E-state index in [0.29, 0.717) is 11.5 Å². The number of benzene rings is 1. The molecule has 0 aliphatic carbocycles. The Balaban J connectivity index is 2.12. The highest BCUT2D eigenvalue weighted by Gasteiger charge is 2.09. The van der Waals surface area contributed by atoms with Gasteiger partial charge in [-0.1, -0.05) is 31.6 Å². The van der Waals surface area contributed by atoms with Crippen LogP contribution in [0.2, 0.25) is 0 Å². The zero-order valence-electron chi connectivity index (χ0n) is 12.1. The van der Waals surface area contributed by atoms with Crippen LogP contribution in [0.15, 0.2) is 18.2 Å². The van der Waals surface area contributed by atoms with Crippen molar-refractivity contribution in [2.45, 2.75) is 20.3 Å². The van der Waals surface area contributed by atoms with Gasteiger partial charge in [-0.05, 0) is 24.1 Å². The fraction of sp³-hybridized carbons (Fsp3) is 0.400. The molecular formula is C15H18N4OS. The number of aromatic nitrogens is 1. The Morgan fingerprint density at radius 2 is 2.33 bits per heavy atom. The number of carbonyl (C=O) groups excluding carboxylic acids is 1. The van der Waals surface area contributed by atoms with Crippen molar-refractivity contribution in [1.29, 1.82) is 5.26 Å². The van der Waals surface area contributed by atoms with Crippen LogP contribution in [0.1, 0.15) is 30.6 Å². The van der Waals surface area contributed by atoms with Crippen LogP contribution in [-0.2, 0) is 0 Å². The normalized spacial score (nSPS) is 11.9. The van der Waals surface area contributed by atoms with Crippen molar-refractivity contribution < 1.29 is 4.79 Å². The van der Waals surface area contributed by atoms with E-state index in [2.05, 4.69) is 29.5 Å². The van der Waals surface area contributed by atoms with Gasteiger partial charge in [-0.15, -0.1) is 0 Å². The van der Waals surface area contributed by atoms with Crippen LogP contribution >= 0.6 is 11.3 Å². The van der Waals surface area contributed by atoms with Crippen molar-refractivity contribution in [2.75, 3.05) is 18.4 Å². The maximum Gasteiger partial charge on any atom is 0.252 e. The molecule has 6 heteroatoms. The molecule has 0 unspecified atom stereocenters. The minimum Gasteiger partial charge on any atom is -0.361 e. The average Bonchev–Trinajstić information content (AvgIpc) is 2.91. The molecule has 1 heterocycles. The maximum atomic E-state index is 11.8. The summed E-state index contributed by atoms with van der Waals surface area (Å²) in [6.07, 6.45) is 1.13. The molecule has 0 aliphatic rings. The topological polar surface area (TPSA) is 77.8 Å². The summed E-state index contributed by atoms with van der Waals surface area (Å²) in [5.74, 6) is 0.366. The molecule has 0 fully saturated rings. The molecule has 0 spiro atoms. The number of thiazole rings is 1. The minimum atomic E-state index is -0.235. The van der Waals surface area contributed by atoms with E-state index in [9.17, 15) is 4.79 Å². The lowest BCUT2D eigenvalue weighted by molar-refractivity contribution is 0.0958. The van der Waals surface area contributed by atoms with Crippen molar-refractivity contribution in [1.82, 2.24) is 10.3 Å². The van der Waals surface area contributed by atoms with Crippen molar-refractivity contribution in [3.8, 4) is 6.07 Å². The first-order chi connectivity index (χ1) is 10.1. The molecule has 0 bridgehead atoms. The predicted octanol–water partition coefficient (Wildman–Crippen LogP) is 3.01. The lowest BCUT2D eigenvalue weighted by Crippen LogP contribution is -2.23. The summed E-state index contributed by atoms with van der Waals surface area (Å²) in [5, 5.41) is 15.2. The van der Waals surface area contributed by atoms with Gasteiger partial charge in [0.1, 0.15) is 6.54 Å². The number of anilines is 1. The summed E-state index contributed by atoms with van der Waals surface area (Å²) in [6.45, 7) is 5.27. The molecule has 21 heavy (non-hydrogen) atoms. The Bertz CT molecular complexity index is 674. The molecule has 0 saturated heterocycles. The van der Waals surface area contributed by atoms with Gasteiger partial charge in [0.05, 0.1) is 16.3 Å². The lowest BCUT2D eigenvalue weighted by Gasteiger charge is -2.07. The molecule has 2 rings (SSSR count). The minimum absolute atomic E-state index is 0.0152. The van der Waals surface area contributed by atoms with Crippen molar-refractivity contribution in [2.24, 2.45) is 5.92 Å². The Morgan fingerprint density at radius 3 is 3.05 bits per heavy atom. The maximum absolute atomic E-state index is 11.8. The molecule has 2 aromatic rings. The number of nitrogens with zero attached hydrogens (tertiary/aromatic N) is 2. The summed E-state index contributed by atoms with van der Waals surface area (Å²) in [4.78, 5) is 16.3. The number of amides is 1. The van der Waals surface area contributed by atoms with Crippen molar-refractivity contribution in [3.63, 3.8) is 0 Å². The first-order valence-corrected chi connectivity index (χ1v) is 7.75. The van der Waals surface area contributed by atoms with Gasteiger partial charge in [-0.2, -0.15) is 5.26 Å². The Morgan fingerprint density at radius 1 is 1.52 bits per heavy atom. The van der Waals surface area contributed by atoms with E-state index >= 15 is 0 Å². The number of fused-ring (bicyclic) bond motifs is 1. The van der Waals surface area contributed by atoms with Crippen LogP contribution in [0.25, 0.3) is 10.2 Å². The van der Waals surface area contributed by atoms with Gasteiger partial charge in [0, 0.05) is 12.1 Å². The first-order valence-electron chi connectivity index (χ1n) is 6.93. The van der Waals surface area contributed by atoms with Crippen LogP contribution in [0, 0.1) is 17.2 Å². The molecular weight excluding hydrogens is 284 g/mol. The van der Waals surface area contributed by atoms with Gasteiger partial charge in [-0.3, -0.25) is 4.79 Å². The number of nitriles is 1. The second kappa shape index (κ2) is 7.04. The van der Waals surface area contributed by atoms with Gasteiger partial charge in [0.2, 0.25) is 0 Å². The molecule has 0 saturated carbocycles. The fourth-order valence-corrected chi connectivity index (χ4v) is 2.68. The summed E-state index contributed by atoms with van der Waals surface area (Å²) < 4.78 is 0.964. The van der Waals surface area contributed by atoms with Gasteiger partial charge in [-0.25, -0.2) is 4.98 Å². The summed E-state index contributed by atoms with van der Waals surface area (Å²) in [5.41, 5.74) is 1.43. The van der Waals surface area contributed by atoms with Crippen molar-refractivity contribution in [3.05, 3.63) is 23.8 Å². The number of carbonyl (C=O) groups is 1. The Labute approximate surface area is 128 Å². The van der Waals surface area contributed by atoms with E-state index in [0.717, 1.165) is 28.3 Å². The number of nitrogens with one attached hydrogen (secondary N) is 2. The molecule has 5 nitrogen and oxygen atoms in total. The average molecular weight is 302 g/mol. The zero-order chi connectivity index (χ0) is 15.2. The molecule has 0 radical (unpaired) electrons. The van der Waals surface area contributed by atoms with Gasteiger partial charge < -0.3 is 10.6 Å². The van der Waals surface area contributed by atoms with Gasteiger partial charge in [0.15, 0.2) is 5.13 Å². The molecule has 2 N–H and O–H groups in total. The molecule has 110 valence electrons. The third kappa shape index (κ3) is 3.92. The largest absolute Gasteiger partial charge is 0.361 e. The first kappa shape index (κ1) is 15.3.